The number of hydrogen-bond donors (Lipinski definition) is 1. The molecule has 15 heteroatoms. The summed E-state index contributed by atoms with van der Waals surface area (Å²) in [6.07, 6.45) is -1.24. The van der Waals surface area contributed by atoms with Crippen LogP contribution < -0.4 is 15.1 Å². The summed E-state index contributed by atoms with van der Waals surface area (Å²) < 4.78 is 58.1. The summed E-state index contributed by atoms with van der Waals surface area (Å²) in [7, 11) is 0. The van der Waals surface area contributed by atoms with Gasteiger partial charge >= 0.3 is 6.18 Å². The molecule has 2 bridgehead atoms. The second-order valence-electron chi connectivity index (χ2n) is 11.5. The molecule has 0 saturated carbocycles. The number of aliphatic imine (C=N–C) groups is 1. The number of rotatable bonds is 10. The molecule has 0 aliphatic carbocycles. The Morgan fingerprint density at radius 2 is 1.70 bits per heavy atom. The smallest absolute Gasteiger partial charge is 0.353 e. The average molecular weight is 655 g/mol. The normalized spacial score (nSPS) is 20.5. The van der Waals surface area contributed by atoms with Gasteiger partial charge in [0.25, 0.3) is 0 Å². The summed E-state index contributed by atoms with van der Waals surface area (Å²) in [5.41, 5.74) is -1.69. The molecule has 0 aromatic carbocycles. The average Bonchev–Trinajstić information content (AvgIpc) is 3.31. The molecule has 236 valence electrons. The van der Waals surface area contributed by atoms with Crippen LogP contribution in [0.2, 0.25) is 0 Å². The maximum atomic E-state index is 15.1. The Bertz CT molecular complexity index is 1530. The number of fused-ring (bicyclic) bond motifs is 3. The highest BCUT2D eigenvalue weighted by Gasteiger charge is 2.40. The first-order chi connectivity index (χ1) is 21.1. The van der Waals surface area contributed by atoms with Crippen molar-refractivity contribution in [2.45, 2.75) is 50.7 Å². The van der Waals surface area contributed by atoms with Gasteiger partial charge in [-0.05, 0) is 38.1 Å². The second kappa shape index (κ2) is 12.5. The Kier molecular flexibility index (Phi) is 8.84. The first-order valence-corrected chi connectivity index (χ1v) is 15.7. The third-order valence-electron chi connectivity index (χ3n) is 8.74. The molecule has 1 N–H and O–H groups in total. The first kappa shape index (κ1) is 31.1. The van der Waals surface area contributed by atoms with Gasteiger partial charge in [0.05, 0.1) is 22.2 Å². The van der Waals surface area contributed by atoms with Gasteiger partial charge in [0.1, 0.15) is 18.2 Å². The summed E-state index contributed by atoms with van der Waals surface area (Å²) >= 11 is 12.0. The lowest BCUT2D eigenvalue weighted by Gasteiger charge is -2.45. The largest absolute Gasteiger partial charge is 0.418 e. The van der Waals surface area contributed by atoms with Crippen molar-refractivity contribution in [3.63, 3.8) is 0 Å². The maximum Gasteiger partial charge on any atom is 0.418 e. The van der Waals surface area contributed by atoms with Crippen molar-refractivity contribution >= 4 is 58.4 Å². The van der Waals surface area contributed by atoms with Crippen LogP contribution in [0.4, 0.5) is 35.1 Å². The quantitative estimate of drug-likeness (QED) is 0.183. The molecule has 6 rings (SSSR count). The number of aromatic nitrogens is 4. The van der Waals surface area contributed by atoms with Crippen LogP contribution in [-0.4, -0.2) is 101 Å². The molecule has 2 atom stereocenters. The van der Waals surface area contributed by atoms with Gasteiger partial charge in [-0.15, -0.1) is 23.2 Å². The van der Waals surface area contributed by atoms with Crippen LogP contribution in [0, 0.1) is 6.92 Å². The van der Waals surface area contributed by atoms with Crippen molar-refractivity contribution in [3.05, 3.63) is 29.0 Å². The van der Waals surface area contributed by atoms with Gasteiger partial charge < -0.3 is 15.1 Å². The maximum absolute atomic E-state index is 15.1. The summed E-state index contributed by atoms with van der Waals surface area (Å²) in [5, 5.41) is 4.09. The van der Waals surface area contributed by atoms with E-state index >= 15 is 4.39 Å². The molecule has 3 saturated heterocycles. The number of halogens is 6. The molecular weight excluding hydrogens is 621 g/mol. The van der Waals surface area contributed by atoms with E-state index in [-0.39, 0.29) is 34.2 Å². The topological polar surface area (TPSA) is 85.7 Å². The lowest BCUT2D eigenvalue weighted by Crippen LogP contribution is -2.60. The standard InChI is InChI=1S/C29H33Cl2F4N9/c1-16-9-22(36-2)39-26(23(16)29(33,34)35)25-20(10-32)24-21(11-37-25)27(43-12-17-3-4-18(13-43)38-17)41-28(40-24)44-14-19(15-44)42(7-5-30)8-6-31/h9,11,17-19,38H,2-8,10,12-15H2,1H3. The predicted octanol–water partition coefficient (Wildman–Crippen LogP) is 5.12. The highest BCUT2D eigenvalue weighted by molar-refractivity contribution is 6.18. The Morgan fingerprint density at radius 1 is 1.02 bits per heavy atom. The number of nitrogens with zero attached hydrogens (tertiary/aromatic N) is 8. The van der Waals surface area contributed by atoms with Crippen LogP contribution >= 0.6 is 23.2 Å². The van der Waals surface area contributed by atoms with Gasteiger partial charge in [0.15, 0.2) is 5.82 Å². The monoisotopic (exact) mass is 653 g/mol. The van der Waals surface area contributed by atoms with Crippen molar-refractivity contribution in [3.8, 4) is 11.4 Å². The number of piperazine rings is 1. The number of alkyl halides is 6. The summed E-state index contributed by atoms with van der Waals surface area (Å²) in [4.78, 5) is 28.4. The van der Waals surface area contributed by atoms with Crippen LogP contribution in [0.25, 0.3) is 22.3 Å². The fourth-order valence-electron chi connectivity index (χ4n) is 6.61. The van der Waals surface area contributed by atoms with Crippen molar-refractivity contribution in [1.82, 2.24) is 30.2 Å². The van der Waals surface area contributed by atoms with Crippen LogP contribution in [0.3, 0.4) is 0 Å². The van der Waals surface area contributed by atoms with E-state index in [4.69, 9.17) is 33.2 Å². The van der Waals surface area contributed by atoms with E-state index < -0.39 is 24.1 Å². The van der Waals surface area contributed by atoms with Crippen LogP contribution in [0.1, 0.15) is 29.5 Å². The summed E-state index contributed by atoms with van der Waals surface area (Å²) in [5.74, 6) is 1.92. The van der Waals surface area contributed by atoms with Crippen molar-refractivity contribution < 1.29 is 17.6 Å². The van der Waals surface area contributed by atoms with Gasteiger partial charge in [-0.1, -0.05) is 0 Å². The SMILES string of the molecule is C=Nc1cc(C)c(C(F)(F)F)c(-c2ncc3c(N4CC5CCC(C4)N5)nc(N4CC(N(CCCl)CCCl)C4)nc3c2CF)n1. The van der Waals surface area contributed by atoms with Crippen LogP contribution in [0.5, 0.6) is 0 Å². The zero-order valence-electron chi connectivity index (χ0n) is 24.2. The Balaban J connectivity index is 1.50. The summed E-state index contributed by atoms with van der Waals surface area (Å²) in [6.45, 7) is 7.62. The van der Waals surface area contributed by atoms with Gasteiger partial charge in [0, 0.05) is 80.9 Å². The Labute approximate surface area is 262 Å². The molecule has 0 spiro atoms. The van der Waals surface area contributed by atoms with E-state index in [0.717, 1.165) is 12.8 Å². The molecule has 3 aromatic rings. The zero-order valence-corrected chi connectivity index (χ0v) is 25.7. The fourth-order valence-corrected chi connectivity index (χ4v) is 7.04. The molecule has 6 heterocycles. The van der Waals surface area contributed by atoms with Crippen LogP contribution in [0.15, 0.2) is 17.3 Å². The third-order valence-corrected chi connectivity index (χ3v) is 9.07. The number of hydrogen-bond acceptors (Lipinski definition) is 9. The van der Waals surface area contributed by atoms with Crippen molar-refractivity contribution in [2.75, 3.05) is 60.8 Å². The van der Waals surface area contributed by atoms with E-state index in [1.807, 2.05) is 4.90 Å². The zero-order chi connectivity index (χ0) is 31.2. The molecule has 44 heavy (non-hydrogen) atoms. The minimum Gasteiger partial charge on any atom is -0.353 e. The summed E-state index contributed by atoms with van der Waals surface area (Å²) in [6, 6.07) is 1.97. The molecular formula is C29H33Cl2F4N9. The second-order valence-corrected chi connectivity index (χ2v) is 12.3. The van der Waals surface area contributed by atoms with Gasteiger partial charge in [-0.2, -0.15) is 18.2 Å². The van der Waals surface area contributed by atoms with E-state index in [1.165, 1.54) is 19.2 Å². The van der Waals surface area contributed by atoms with Crippen molar-refractivity contribution in [1.29, 1.82) is 0 Å². The van der Waals surface area contributed by atoms with Crippen LogP contribution in [-0.2, 0) is 12.9 Å². The lowest BCUT2D eigenvalue weighted by molar-refractivity contribution is -0.137. The van der Waals surface area contributed by atoms with E-state index in [2.05, 4.69) is 36.8 Å². The first-order valence-electron chi connectivity index (χ1n) is 14.6. The highest BCUT2D eigenvalue weighted by atomic mass is 35.5. The fraction of sp³-hybridized carbons (Fsp3) is 0.552. The lowest BCUT2D eigenvalue weighted by atomic mass is 10.00. The molecule has 3 aliphatic heterocycles. The molecule has 3 fully saturated rings. The minimum atomic E-state index is -4.76. The predicted molar refractivity (Wildman–Crippen MR) is 165 cm³/mol. The molecule has 3 aliphatic rings. The van der Waals surface area contributed by atoms with Crippen molar-refractivity contribution in [2.24, 2.45) is 4.99 Å². The third kappa shape index (κ3) is 5.79. The molecule has 0 amide bonds. The molecule has 9 nitrogen and oxygen atoms in total. The van der Waals surface area contributed by atoms with E-state index in [0.29, 0.717) is 80.3 Å². The Hall–Kier alpha value is -2.87. The minimum absolute atomic E-state index is 0.0115. The molecule has 3 aromatic heterocycles. The van der Waals surface area contributed by atoms with E-state index in [9.17, 15) is 13.2 Å². The number of nitrogens with one attached hydrogen (secondary N) is 1. The van der Waals surface area contributed by atoms with Gasteiger partial charge in [-0.25, -0.2) is 19.4 Å². The molecule has 0 radical (unpaired) electrons. The van der Waals surface area contributed by atoms with E-state index in [1.54, 1.807) is 0 Å². The molecule has 2 unspecified atom stereocenters. The Morgan fingerprint density at radius 3 is 2.30 bits per heavy atom. The van der Waals surface area contributed by atoms with Gasteiger partial charge in [-0.3, -0.25) is 9.88 Å². The number of aryl methyl sites for hydroxylation is 1. The highest BCUT2D eigenvalue weighted by Crippen LogP contribution is 2.42. The number of pyridine rings is 2. The van der Waals surface area contributed by atoms with Gasteiger partial charge in [0.2, 0.25) is 5.95 Å². The number of anilines is 2.